The zero-order valence-corrected chi connectivity index (χ0v) is 25.1. The summed E-state index contributed by atoms with van der Waals surface area (Å²) in [6.07, 6.45) is 0. The lowest BCUT2D eigenvalue weighted by Crippen LogP contribution is -2.02. The van der Waals surface area contributed by atoms with Gasteiger partial charge in [0.25, 0.3) is 0 Å². The molecule has 0 amide bonds. The van der Waals surface area contributed by atoms with E-state index in [9.17, 15) is 5.26 Å². The summed E-state index contributed by atoms with van der Waals surface area (Å²) in [5, 5.41) is 12.6. The predicted molar refractivity (Wildman–Crippen MR) is 185 cm³/mol. The van der Waals surface area contributed by atoms with Crippen LogP contribution in [0.2, 0.25) is 0 Å². The van der Waals surface area contributed by atoms with Gasteiger partial charge < -0.3 is 4.57 Å². The summed E-state index contributed by atoms with van der Waals surface area (Å²) in [5.74, 6) is 1.73. The van der Waals surface area contributed by atoms with Gasteiger partial charge in [0.15, 0.2) is 17.5 Å². The van der Waals surface area contributed by atoms with E-state index in [-0.39, 0.29) is 0 Å². The molecule has 0 saturated carbocycles. The molecule has 216 valence electrons. The Morgan fingerprint density at radius 3 is 1.67 bits per heavy atom. The SMILES string of the molecule is Cc1ccc(-c2ccc3c(c2)c2ccccc2n3-c2cc(-c3nc(-c4ccccc4)nc(-c4ccccc4)n3)ccc2C#N)cc1. The monoisotopic (exact) mass is 589 g/mol. The molecular weight excluding hydrogens is 562 g/mol. The summed E-state index contributed by atoms with van der Waals surface area (Å²) in [4.78, 5) is 14.7. The number of benzene rings is 6. The Balaban J connectivity index is 1.34. The van der Waals surface area contributed by atoms with Crippen molar-refractivity contribution in [2.24, 2.45) is 0 Å². The van der Waals surface area contributed by atoms with E-state index >= 15 is 0 Å². The minimum atomic E-state index is 0.542. The van der Waals surface area contributed by atoms with Gasteiger partial charge in [-0.3, -0.25) is 0 Å². The van der Waals surface area contributed by atoms with Gasteiger partial charge in [-0.1, -0.05) is 115 Å². The number of aromatic nitrogens is 4. The van der Waals surface area contributed by atoms with Crippen molar-refractivity contribution in [3.05, 3.63) is 157 Å². The van der Waals surface area contributed by atoms with Crippen LogP contribution in [0.4, 0.5) is 0 Å². The number of hydrogen-bond acceptors (Lipinski definition) is 4. The van der Waals surface area contributed by atoms with Crippen LogP contribution < -0.4 is 0 Å². The number of nitrogens with zero attached hydrogens (tertiary/aromatic N) is 5. The fourth-order valence-corrected chi connectivity index (χ4v) is 6.05. The third kappa shape index (κ3) is 4.79. The van der Waals surface area contributed by atoms with Crippen molar-refractivity contribution in [3.8, 4) is 57.0 Å². The number of rotatable bonds is 5. The number of fused-ring (bicyclic) bond motifs is 3. The Morgan fingerprint density at radius 2 is 1.02 bits per heavy atom. The summed E-state index contributed by atoms with van der Waals surface area (Å²) >= 11 is 0. The second-order valence-electron chi connectivity index (χ2n) is 11.3. The van der Waals surface area contributed by atoms with Crippen LogP contribution in [0, 0.1) is 18.3 Å². The lowest BCUT2D eigenvalue weighted by molar-refractivity contribution is 1.07. The molecule has 0 N–H and O–H groups in total. The molecule has 0 aliphatic heterocycles. The molecule has 0 aliphatic carbocycles. The molecule has 6 aromatic carbocycles. The molecule has 0 saturated heterocycles. The summed E-state index contributed by atoms with van der Waals surface area (Å²) in [7, 11) is 0. The molecule has 5 heteroatoms. The van der Waals surface area contributed by atoms with E-state index in [1.165, 1.54) is 11.1 Å². The predicted octanol–water partition coefficient (Wildman–Crippen LogP) is 9.82. The van der Waals surface area contributed by atoms with E-state index in [0.29, 0.717) is 23.0 Å². The van der Waals surface area contributed by atoms with Gasteiger partial charge in [-0.15, -0.1) is 0 Å². The number of aryl methyl sites for hydroxylation is 1. The first-order valence-corrected chi connectivity index (χ1v) is 15.2. The third-order valence-corrected chi connectivity index (χ3v) is 8.37. The van der Waals surface area contributed by atoms with Crippen LogP contribution in [0.15, 0.2) is 146 Å². The van der Waals surface area contributed by atoms with Crippen LogP contribution in [0.3, 0.4) is 0 Å². The molecule has 0 aliphatic rings. The Morgan fingerprint density at radius 1 is 0.478 bits per heavy atom. The number of para-hydroxylation sites is 1. The van der Waals surface area contributed by atoms with Crippen molar-refractivity contribution >= 4 is 21.8 Å². The second kappa shape index (κ2) is 11.3. The molecule has 8 rings (SSSR count). The van der Waals surface area contributed by atoms with Gasteiger partial charge in [-0.25, -0.2) is 15.0 Å². The van der Waals surface area contributed by atoms with E-state index in [4.69, 9.17) is 15.0 Å². The normalized spacial score (nSPS) is 11.1. The number of hydrogen-bond donors (Lipinski definition) is 0. The molecule has 0 fully saturated rings. The van der Waals surface area contributed by atoms with E-state index in [1.807, 2.05) is 84.9 Å². The van der Waals surface area contributed by atoms with Crippen molar-refractivity contribution in [1.29, 1.82) is 5.26 Å². The summed E-state index contributed by atoms with van der Waals surface area (Å²) in [6.45, 7) is 2.10. The summed E-state index contributed by atoms with van der Waals surface area (Å²) < 4.78 is 2.18. The molecule has 0 bridgehead atoms. The minimum Gasteiger partial charge on any atom is -0.308 e. The molecule has 0 unspecified atom stereocenters. The summed E-state index contributed by atoms with van der Waals surface area (Å²) in [6, 6.07) is 51.6. The molecule has 0 atom stereocenters. The minimum absolute atomic E-state index is 0.542. The first kappa shape index (κ1) is 27.2. The lowest BCUT2D eigenvalue weighted by Gasteiger charge is -2.13. The maximum absolute atomic E-state index is 10.3. The molecule has 2 aromatic heterocycles. The second-order valence-corrected chi connectivity index (χ2v) is 11.3. The molecule has 0 spiro atoms. The first-order chi connectivity index (χ1) is 22.7. The van der Waals surface area contributed by atoms with Crippen molar-refractivity contribution in [3.63, 3.8) is 0 Å². The molecule has 2 heterocycles. The molecule has 0 radical (unpaired) electrons. The van der Waals surface area contributed by atoms with Crippen LogP contribution in [-0.4, -0.2) is 19.5 Å². The van der Waals surface area contributed by atoms with E-state index in [1.54, 1.807) is 0 Å². The van der Waals surface area contributed by atoms with Gasteiger partial charge >= 0.3 is 0 Å². The molecule has 8 aromatic rings. The standard InChI is InChI=1S/C41H27N5/c1-27-16-18-28(19-17-27)31-22-23-37-35(24-31)34-14-8-9-15-36(34)46(37)38-25-32(20-21-33(38)26-42)41-44-39(29-10-4-2-5-11-29)43-40(45-41)30-12-6-3-7-13-30/h2-25H,1H3. The quantitative estimate of drug-likeness (QED) is 0.200. The van der Waals surface area contributed by atoms with Crippen molar-refractivity contribution in [2.75, 3.05) is 0 Å². The largest absolute Gasteiger partial charge is 0.308 e. The lowest BCUT2D eigenvalue weighted by atomic mass is 10.0. The van der Waals surface area contributed by atoms with Gasteiger partial charge in [0.1, 0.15) is 6.07 Å². The van der Waals surface area contributed by atoms with Gasteiger partial charge in [0.2, 0.25) is 0 Å². The Hall–Kier alpha value is -6.38. The molecule has 46 heavy (non-hydrogen) atoms. The van der Waals surface area contributed by atoms with E-state index in [0.717, 1.165) is 49.7 Å². The Kier molecular flexibility index (Phi) is 6.67. The van der Waals surface area contributed by atoms with Crippen LogP contribution in [0.25, 0.3) is 72.8 Å². The first-order valence-electron chi connectivity index (χ1n) is 15.2. The zero-order valence-electron chi connectivity index (χ0n) is 25.1. The highest BCUT2D eigenvalue weighted by Gasteiger charge is 2.18. The van der Waals surface area contributed by atoms with Gasteiger partial charge in [-0.2, -0.15) is 5.26 Å². The Bertz CT molecular complexity index is 2360. The topological polar surface area (TPSA) is 67.4 Å². The highest BCUT2D eigenvalue weighted by atomic mass is 15.0. The van der Waals surface area contributed by atoms with Crippen LogP contribution in [0.5, 0.6) is 0 Å². The van der Waals surface area contributed by atoms with Gasteiger partial charge in [0, 0.05) is 27.5 Å². The fraction of sp³-hybridized carbons (Fsp3) is 0.0244. The fourth-order valence-electron chi connectivity index (χ4n) is 6.05. The van der Waals surface area contributed by atoms with Crippen LogP contribution in [-0.2, 0) is 0 Å². The average Bonchev–Trinajstić information content (AvgIpc) is 3.46. The maximum Gasteiger partial charge on any atom is 0.164 e. The summed E-state index contributed by atoms with van der Waals surface area (Å²) in [5.41, 5.74) is 9.55. The highest BCUT2D eigenvalue weighted by molar-refractivity contribution is 6.10. The van der Waals surface area contributed by atoms with Crippen LogP contribution in [0.1, 0.15) is 11.1 Å². The maximum atomic E-state index is 10.3. The van der Waals surface area contributed by atoms with Crippen LogP contribution >= 0.6 is 0 Å². The molecular formula is C41H27N5. The van der Waals surface area contributed by atoms with Gasteiger partial charge in [-0.05, 0) is 54.4 Å². The number of nitriles is 1. The average molecular weight is 590 g/mol. The van der Waals surface area contributed by atoms with E-state index in [2.05, 4.69) is 78.2 Å². The molecule has 5 nitrogen and oxygen atoms in total. The smallest absolute Gasteiger partial charge is 0.164 e. The zero-order chi connectivity index (χ0) is 31.0. The highest BCUT2D eigenvalue weighted by Crippen LogP contribution is 2.37. The van der Waals surface area contributed by atoms with Crippen molar-refractivity contribution < 1.29 is 0 Å². The van der Waals surface area contributed by atoms with Crippen molar-refractivity contribution in [2.45, 2.75) is 6.92 Å². The van der Waals surface area contributed by atoms with Gasteiger partial charge in [0.05, 0.1) is 22.3 Å². The van der Waals surface area contributed by atoms with Crippen molar-refractivity contribution in [1.82, 2.24) is 19.5 Å². The van der Waals surface area contributed by atoms with E-state index < -0.39 is 0 Å². The Labute approximate surface area is 266 Å². The third-order valence-electron chi connectivity index (χ3n) is 8.37.